The molecular formula is C10H20. The van der Waals surface area contributed by atoms with E-state index in [1.165, 1.54) is 12.8 Å². The van der Waals surface area contributed by atoms with E-state index in [4.69, 9.17) is 0 Å². The van der Waals surface area contributed by atoms with E-state index >= 15 is 0 Å². The van der Waals surface area contributed by atoms with Crippen LogP contribution in [0.15, 0.2) is 0 Å². The predicted molar refractivity (Wildman–Crippen MR) is 45.9 cm³/mol. The summed E-state index contributed by atoms with van der Waals surface area (Å²) >= 11 is 0. The first-order chi connectivity index (χ1) is 4.66. The maximum atomic E-state index is 2.42. The lowest BCUT2D eigenvalue weighted by Crippen LogP contribution is -2.09. The van der Waals surface area contributed by atoms with Gasteiger partial charge in [-0.15, -0.1) is 0 Å². The van der Waals surface area contributed by atoms with Crippen molar-refractivity contribution in [1.29, 1.82) is 0 Å². The van der Waals surface area contributed by atoms with E-state index < -0.39 is 0 Å². The number of rotatable bonds is 3. The summed E-state index contributed by atoms with van der Waals surface area (Å²) in [5.74, 6) is 4.01. The third kappa shape index (κ3) is 1.53. The fourth-order valence-corrected chi connectivity index (χ4v) is 1.88. The Morgan fingerprint density at radius 3 is 2.20 bits per heavy atom. The van der Waals surface area contributed by atoms with Gasteiger partial charge >= 0.3 is 0 Å². The van der Waals surface area contributed by atoms with Crippen molar-refractivity contribution >= 4 is 0 Å². The molecule has 0 aromatic carbocycles. The van der Waals surface area contributed by atoms with Gasteiger partial charge in [-0.05, 0) is 30.1 Å². The monoisotopic (exact) mass is 140 g/mol. The quantitative estimate of drug-likeness (QED) is 0.564. The van der Waals surface area contributed by atoms with Crippen LogP contribution in [-0.2, 0) is 0 Å². The van der Waals surface area contributed by atoms with E-state index in [1.807, 2.05) is 0 Å². The Hall–Kier alpha value is 0. The summed E-state index contributed by atoms with van der Waals surface area (Å²) in [6, 6.07) is 0. The molecule has 60 valence electrons. The predicted octanol–water partition coefficient (Wildman–Crippen LogP) is 3.32. The van der Waals surface area contributed by atoms with Crippen LogP contribution in [0.2, 0.25) is 0 Å². The first-order valence-corrected chi connectivity index (χ1v) is 4.66. The highest BCUT2D eigenvalue weighted by atomic mass is 14.4. The Bertz CT molecular complexity index is 103. The molecule has 0 aliphatic heterocycles. The molecule has 0 aromatic heterocycles. The Balaban J connectivity index is 2.27. The third-order valence-corrected chi connectivity index (χ3v) is 3.39. The highest BCUT2D eigenvalue weighted by Crippen LogP contribution is 2.46. The van der Waals surface area contributed by atoms with E-state index in [0.717, 1.165) is 23.7 Å². The van der Waals surface area contributed by atoms with Crippen LogP contribution in [-0.4, -0.2) is 0 Å². The molecule has 1 aliphatic rings. The lowest BCUT2D eigenvalue weighted by molar-refractivity contribution is 0.326. The molecule has 0 N–H and O–H groups in total. The highest BCUT2D eigenvalue weighted by Gasteiger charge is 2.38. The molecule has 1 rings (SSSR count). The minimum atomic E-state index is 0.940. The molecule has 1 saturated carbocycles. The van der Waals surface area contributed by atoms with Crippen molar-refractivity contribution in [2.75, 3.05) is 0 Å². The molecule has 0 amide bonds. The van der Waals surface area contributed by atoms with Crippen molar-refractivity contribution in [2.45, 2.75) is 40.5 Å². The lowest BCUT2D eigenvalue weighted by Gasteiger charge is -2.17. The highest BCUT2D eigenvalue weighted by molar-refractivity contribution is 4.87. The molecule has 0 heterocycles. The van der Waals surface area contributed by atoms with Crippen molar-refractivity contribution in [1.82, 2.24) is 0 Å². The van der Waals surface area contributed by atoms with Gasteiger partial charge in [0, 0.05) is 0 Å². The molecule has 0 bridgehead atoms. The van der Waals surface area contributed by atoms with E-state index in [1.54, 1.807) is 0 Å². The average Bonchev–Trinajstić information content (AvgIpc) is 2.63. The summed E-state index contributed by atoms with van der Waals surface area (Å²) in [4.78, 5) is 0. The topological polar surface area (TPSA) is 0 Å². The summed E-state index contributed by atoms with van der Waals surface area (Å²) in [6.07, 6.45) is 2.84. The summed E-state index contributed by atoms with van der Waals surface area (Å²) in [5.41, 5.74) is 0. The summed E-state index contributed by atoms with van der Waals surface area (Å²) in [5, 5.41) is 0. The second-order valence-electron chi connectivity index (χ2n) is 4.12. The number of hydrogen-bond acceptors (Lipinski definition) is 0. The molecule has 0 spiro atoms. The minimum Gasteiger partial charge on any atom is -0.0651 e. The molecule has 0 heteroatoms. The molecular weight excluding hydrogens is 120 g/mol. The van der Waals surface area contributed by atoms with Crippen LogP contribution in [0.5, 0.6) is 0 Å². The normalized spacial score (nSPS) is 37.2. The van der Waals surface area contributed by atoms with E-state index in [0.29, 0.717) is 0 Å². The van der Waals surface area contributed by atoms with Gasteiger partial charge in [0.1, 0.15) is 0 Å². The van der Waals surface area contributed by atoms with Gasteiger partial charge < -0.3 is 0 Å². The molecule has 10 heavy (non-hydrogen) atoms. The van der Waals surface area contributed by atoms with Gasteiger partial charge in [0.25, 0.3) is 0 Å². The van der Waals surface area contributed by atoms with Gasteiger partial charge in [0.05, 0.1) is 0 Å². The Morgan fingerprint density at radius 2 is 1.90 bits per heavy atom. The van der Waals surface area contributed by atoms with Crippen LogP contribution >= 0.6 is 0 Å². The van der Waals surface area contributed by atoms with E-state index in [9.17, 15) is 0 Å². The van der Waals surface area contributed by atoms with Crippen molar-refractivity contribution in [3.05, 3.63) is 0 Å². The van der Waals surface area contributed by atoms with Crippen LogP contribution < -0.4 is 0 Å². The van der Waals surface area contributed by atoms with Crippen LogP contribution in [0.25, 0.3) is 0 Å². The first kappa shape index (κ1) is 8.10. The molecule has 0 nitrogen and oxygen atoms in total. The van der Waals surface area contributed by atoms with Gasteiger partial charge in [0.2, 0.25) is 0 Å². The summed E-state index contributed by atoms with van der Waals surface area (Å²) < 4.78 is 0. The molecule has 4 unspecified atom stereocenters. The summed E-state index contributed by atoms with van der Waals surface area (Å²) in [7, 11) is 0. The maximum absolute atomic E-state index is 2.42. The zero-order valence-corrected chi connectivity index (χ0v) is 7.72. The van der Waals surface area contributed by atoms with Gasteiger partial charge in [-0.25, -0.2) is 0 Å². The Labute approximate surface area is 65.0 Å². The maximum Gasteiger partial charge on any atom is -0.0357 e. The second-order valence-corrected chi connectivity index (χ2v) is 4.12. The summed E-state index contributed by atoms with van der Waals surface area (Å²) in [6.45, 7) is 9.48. The van der Waals surface area contributed by atoms with Gasteiger partial charge in [-0.1, -0.05) is 34.1 Å². The molecule has 0 radical (unpaired) electrons. The second kappa shape index (κ2) is 2.94. The molecule has 0 saturated heterocycles. The van der Waals surface area contributed by atoms with Crippen LogP contribution in [0.3, 0.4) is 0 Å². The SMILES string of the molecule is CCC(C)C(C)C1CC1C. The van der Waals surface area contributed by atoms with Crippen molar-refractivity contribution in [3.63, 3.8) is 0 Å². The smallest absolute Gasteiger partial charge is 0.0357 e. The molecule has 4 atom stereocenters. The largest absolute Gasteiger partial charge is 0.0651 e. The van der Waals surface area contributed by atoms with Crippen LogP contribution in [0, 0.1) is 23.7 Å². The van der Waals surface area contributed by atoms with Crippen molar-refractivity contribution in [3.8, 4) is 0 Å². The zero-order chi connectivity index (χ0) is 7.72. The van der Waals surface area contributed by atoms with Crippen LogP contribution in [0.1, 0.15) is 40.5 Å². The Morgan fingerprint density at radius 1 is 1.40 bits per heavy atom. The fraction of sp³-hybridized carbons (Fsp3) is 1.00. The molecule has 1 aliphatic carbocycles. The number of hydrogen-bond donors (Lipinski definition) is 0. The average molecular weight is 140 g/mol. The minimum absolute atomic E-state index is 0.940. The first-order valence-electron chi connectivity index (χ1n) is 4.66. The van der Waals surface area contributed by atoms with Crippen LogP contribution in [0.4, 0.5) is 0 Å². The third-order valence-electron chi connectivity index (χ3n) is 3.39. The zero-order valence-electron chi connectivity index (χ0n) is 7.72. The van der Waals surface area contributed by atoms with Crippen molar-refractivity contribution in [2.24, 2.45) is 23.7 Å². The van der Waals surface area contributed by atoms with E-state index in [-0.39, 0.29) is 0 Å². The Kier molecular flexibility index (Phi) is 2.38. The molecule has 1 fully saturated rings. The van der Waals surface area contributed by atoms with Gasteiger partial charge in [0.15, 0.2) is 0 Å². The standard InChI is InChI=1S/C10H20/c1-5-7(2)9(4)10-6-8(10)3/h7-10H,5-6H2,1-4H3. The molecule has 0 aromatic rings. The fourth-order valence-electron chi connectivity index (χ4n) is 1.88. The van der Waals surface area contributed by atoms with Crippen molar-refractivity contribution < 1.29 is 0 Å². The van der Waals surface area contributed by atoms with E-state index in [2.05, 4.69) is 27.7 Å². The lowest BCUT2D eigenvalue weighted by atomic mass is 9.89. The van der Waals surface area contributed by atoms with Gasteiger partial charge in [-0.2, -0.15) is 0 Å². The van der Waals surface area contributed by atoms with Gasteiger partial charge in [-0.3, -0.25) is 0 Å².